The zero-order valence-electron chi connectivity index (χ0n) is 17.0. The van der Waals surface area contributed by atoms with E-state index in [1.54, 1.807) is 6.07 Å². The molecule has 0 aliphatic heterocycles. The molecule has 0 fully saturated rings. The van der Waals surface area contributed by atoms with Crippen molar-refractivity contribution in [2.75, 3.05) is 0 Å². The van der Waals surface area contributed by atoms with Gasteiger partial charge >= 0.3 is 0 Å². The quantitative estimate of drug-likeness (QED) is 0.451. The molecule has 31 heavy (non-hydrogen) atoms. The Hall–Kier alpha value is -4.19. The molecule has 6 nitrogen and oxygen atoms in total. The van der Waals surface area contributed by atoms with Gasteiger partial charge in [-0.2, -0.15) is 5.10 Å². The van der Waals surface area contributed by atoms with Crippen molar-refractivity contribution in [2.45, 2.75) is 6.04 Å². The molecule has 1 amide bonds. The average Bonchev–Trinajstić information content (AvgIpc) is 3.44. The van der Waals surface area contributed by atoms with Crippen LogP contribution >= 0.6 is 0 Å². The number of aromatic nitrogens is 4. The number of rotatable bonds is 5. The second-order valence-corrected chi connectivity index (χ2v) is 7.37. The third-order valence-corrected chi connectivity index (χ3v) is 5.38. The number of nitrogens with one attached hydrogen (secondary N) is 2. The van der Waals surface area contributed by atoms with Crippen molar-refractivity contribution < 1.29 is 4.79 Å². The fraction of sp³-hybridized carbons (Fsp3) is 0.0800. The smallest absolute Gasteiger partial charge is 0.270 e. The van der Waals surface area contributed by atoms with E-state index in [-0.39, 0.29) is 5.91 Å². The summed E-state index contributed by atoms with van der Waals surface area (Å²) in [5.41, 5.74) is 4.94. The van der Waals surface area contributed by atoms with Crippen molar-refractivity contribution in [3.05, 3.63) is 108 Å². The number of nitrogens with zero attached hydrogens (tertiary/aromatic N) is 3. The summed E-state index contributed by atoms with van der Waals surface area (Å²) >= 11 is 0. The van der Waals surface area contributed by atoms with Gasteiger partial charge in [-0.05, 0) is 23.8 Å². The van der Waals surface area contributed by atoms with E-state index < -0.39 is 6.04 Å². The molecule has 6 heteroatoms. The van der Waals surface area contributed by atoms with Crippen LogP contribution in [0.5, 0.6) is 0 Å². The SMILES string of the molecule is Cn1c([C@@H](NC(=O)c2cc(-c3ccccc3)n[nH]2)c2ccccc2)nc2ccccc21. The van der Waals surface area contributed by atoms with Crippen LogP contribution < -0.4 is 5.32 Å². The molecule has 0 saturated carbocycles. The Labute approximate surface area is 179 Å². The molecule has 0 aliphatic rings. The van der Waals surface area contributed by atoms with Crippen LogP contribution in [0.2, 0.25) is 0 Å². The summed E-state index contributed by atoms with van der Waals surface area (Å²) in [5, 5.41) is 10.3. The summed E-state index contributed by atoms with van der Waals surface area (Å²) < 4.78 is 2.02. The van der Waals surface area contributed by atoms with Crippen molar-refractivity contribution in [3.8, 4) is 11.3 Å². The Balaban J connectivity index is 1.50. The lowest BCUT2D eigenvalue weighted by molar-refractivity contribution is 0.0936. The minimum atomic E-state index is -0.408. The summed E-state index contributed by atoms with van der Waals surface area (Å²) in [6.45, 7) is 0. The molecule has 0 unspecified atom stereocenters. The first-order valence-electron chi connectivity index (χ1n) is 10.1. The normalized spacial score (nSPS) is 12.0. The molecule has 1 atom stereocenters. The maximum absolute atomic E-state index is 13.2. The maximum atomic E-state index is 13.2. The van der Waals surface area contributed by atoms with Gasteiger partial charge in [0.15, 0.2) is 0 Å². The van der Waals surface area contributed by atoms with Crippen LogP contribution in [-0.2, 0) is 7.05 Å². The molecule has 0 spiro atoms. The third-order valence-electron chi connectivity index (χ3n) is 5.38. The molecule has 152 valence electrons. The zero-order valence-corrected chi connectivity index (χ0v) is 17.0. The number of aryl methyl sites for hydroxylation is 1. The van der Waals surface area contributed by atoms with Gasteiger partial charge in [0.2, 0.25) is 0 Å². The monoisotopic (exact) mass is 407 g/mol. The number of benzene rings is 3. The number of imidazole rings is 1. The zero-order chi connectivity index (χ0) is 21.2. The van der Waals surface area contributed by atoms with E-state index in [4.69, 9.17) is 4.98 Å². The highest BCUT2D eigenvalue weighted by molar-refractivity contribution is 5.94. The number of para-hydroxylation sites is 2. The van der Waals surface area contributed by atoms with Crippen molar-refractivity contribution >= 4 is 16.9 Å². The van der Waals surface area contributed by atoms with Crippen LogP contribution in [0.3, 0.4) is 0 Å². The number of carbonyl (C=O) groups is 1. The molecule has 2 aromatic heterocycles. The number of hydrogen-bond donors (Lipinski definition) is 2. The number of fused-ring (bicyclic) bond motifs is 1. The van der Waals surface area contributed by atoms with Crippen molar-refractivity contribution in [3.63, 3.8) is 0 Å². The first kappa shape index (κ1) is 18.8. The summed E-state index contributed by atoms with van der Waals surface area (Å²) in [6, 6.07) is 28.9. The predicted molar refractivity (Wildman–Crippen MR) is 120 cm³/mol. The molecule has 3 aromatic carbocycles. The number of hydrogen-bond acceptors (Lipinski definition) is 3. The van der Waals surface area contributed by atoms with Crippen LogP contribution in [0, 0.1) is 0 Å². The van der Waals surface area contributed by atoms with Gasteiger partial charge in [-0.1, -0.05) is 72.8 Å². The first-order valence-corrected chi connectivity index (χ1v) is 10.1. The topological polar surface area (TPSA) is 75.6 Å². The van der Waals surface area contributed by atoms with Gasteiger partial charge in [0.1, 0.15) is 17.6 Å². The van der Waals surface area contributed by atoms with Gasteiger partial charge in [-0.25, -0.2) is 4.98 Å². The van der Waals surface area contributed by atoms with E-state index in [1.807, 2.05) is 96.5 Å². The predicted octanol–water partition coefficient (Wildman–Crippen LogP) is 4.48. The van der Waals surface area contributed by atoms with Gasteiger partial charge < -0.3 is 9.88 Å². The highest BCUT2D eigenvalue weighted by Gasteiger charge is 2.24. The molecule has 5 aromatic rings. The second-order valence-electron chi connectivity index (χ2n) is 7.37. The van der Waals surface area contributed by atoms with E-state index in [9.17, 15) is 4.79 Å². The Kier molecular flexibility index (Phi) is 4.80. The first-order chi connectivity index (χ1) is 15.2. The number of carbonyl (C=O) groups excluding carboxylic acids is 1. The van der Waals surface area contributed by atoms with E-state index in [0.717, 1.165) is 33.7 Å². The third kappa shape index (κ3) is 3.59. The van der Waals surface area contributed by atoms with Crippen LogP contribution in [0.25, 0.3) is 22.3 Å². The number of H-pyrrole nitrogens is 1. The number of amides is 1. The lowest BCUT2D eigenvalue weighted by Gasteiger charge is -2.19. The minimum Gasteiger partial charge on any atom is -0.337 e. The second kappa shape index (κ2) is 7.91. The molecular formula is C25H21N5O. The average molecular weight is 407 g/mol. The Morgan fingerprint density at radius 2 is 1.61 bits per heavy atom. The molecule has 0 bridgehead atoms. The lowest BCUT2D eigenvalue weighted by atomic mass is 10.1. The number of aromatic amines is 1. The minimum absolute atomic E-state index is 0.240. The van der Waals surface area contributed by atoms with Crippen molar-refractivity contribution in [1.29, 1.82) is 0 Å². The van der Waals surface area contributed by atoms with Crippen molar-refractivity contribution in [1.82, 2.24) is 25.1 Å². The van der Waals surface area contributed by atoms with Gasteiger partial charge in [-0.3, -0.25) is 9.89 Å². The maximum Gasteiger partial charge on any atom is 0.270 e. The molecule has 0 aliphatic carbocycles. The highest BCUT2D eigenvalue weighted by Crippen LogP contribution is 2.25. The summed E-state index contributed by atoms with van der Waals surface area (Å²) in [6.07, 6.45) is 0. The summed E-state index contributed by atoms with van der Waals surface area (Å²) in [4.78, 5) is 18.0. The molecule has 2 N–H and O–H groups in total. The molecule has 2 heterocycles. The van der Waals surface area contributed by atoms with E-state index in [0.29, 0.717) is 5.69 Å². The molecular weight excluding hydrogens is 386 g/mol. The Morgan fingerprint density at radius 3 is 2.35 bits per heavy atom. The lowest BCUT2D eigenvalue weighted by Crippen LogP contribution is -2.31. The standard InChI is InChI=1S/C25H21N5O/c1-30-22-15-9-8-14-19(22)26-24(30)23(18-12-6-3-7-13-18)27-25(31)21-16-20(28-29-21)17-10-4-2-5-11-17/h2-16,23H,1H3,(H,27,31)(H,28,29)/t23-/m0/s1. The highest BCUT2D eigenvalue weighted by atomic mass is 16.2. The van der Waals surface area contributed by atoms with Crippen molar-refractivity contribution in [2.24, 2.45) is 7.05 Å². The van der Waals surface area contributed by atoms with Crippen LogP contribution in [0.4, 0.5) is 0 Å². The van der Waals surface area contributed by atoms with Crippen LogP contribution in [-0.4, -0.2) is 25.7 Å². The molecule has 0 radical (unpaired) electrons. The Morgan fingerprint density at radius 1 is 0.935 bits per heavy atom. The van der Waals surface area contributed by atoms with E-state index in [2.05, 4.69) is 15.5 Å². The molecule has 0 saturated heterocycles. The van der Waals surface area contributed by atoms with Gasteiger partial charge in [0.05, 0.1) is 16.7 Å². The van der Waals surface area contributed by atoms with Gasteiger partial charge in [-0.15, -0.1) is 0 Å². The summed E-state index contributed by atoms with van der Waals surface area (Å²) in [7, 11) is 1.97. The van der Waals surface area contributed by atoms with Crippen LogP contribution in [0.15, 0.2) is 91.0 Å². The fourth-order valence-corrected chi connectivity index (χ4v) is 3.77. The fourth-order valence-electron chi connectivity index (χ4n) is 3.77. The van der Waals surface area contributed by atoms with E-state index >= 15 is 0 Å². The summed E-state index contributed by atoms with van der Waals surface area (Å²) in [5.74, 6) is 0.527. The van der Waals surface area contributed by atoms with E-state index in [1.165, 1.54) is 0 Å². The van der Waals surface area contributed by atoms with Gasteiger partial charge in [0, 0.05) is 12.6 Å². The Bertz CT molecular complexity index is 1340. The largest absolute Gasteiger partial charge is 0.337 e. The molecule has 5 rings (SSSR count). The van der Waals surface area contributed by atoms with Gasteiger partial charge in [0.25, 0.3) is 5.91 Å². The van der Waals surface area contributed by atoms with Crippen LogP contribution in [0.1, 0.15) is 27.9 Å².